The van der Waals surface area contributed by atoms with Crippen LogP contribution in [0.1, 0.15) is 24.5 Å². The third kappa shape index (κ3) is 6.00. The Morgan fingerprint density at radius 2 is 1.94 bits per heavy atom. The molecule has 1 aromatic heterocycles. The second-order valence-electron chi connectivity index (χ2n) is 6.82. The van der Waals surface area contributed by atoms with Crippen molar-refractivity contribution in [2.45, 2.75) is 32.7 Å². The normalized spacial score (nSPS) is 12.2. The number of hydrogen-bond donors (Lipinski definition) is 1. The van der Waals surface area contributed by atoms with Crippen molar-refractivity contribution in [3.63, 3.8) is 0 Å². The number of oxime groups is 1. The van der Waals surface area contributed by atoms with Crippen LogP contribution in [0, 0.1) is 0 Å². The van der Waals surface area contributed by atoms with E-state index in [0.29, 0.717) is 29.9 Å². The number of hydrogen-bond acceptors (Lipinski definition) is 4. The molecule has 1 N–H and O–H groups in total. The van der Waals surface area contributed by atoms with Gasteiger partial charge in [0.05, 0.1) is 13.0 Å². The fourth-order valence-corrected chi connectivity index (χ4v) is 3.18. The minimum atomic E-state index is -4.81. The average molecular weight is 434 g/mol. The maximum Gasteiger partial charge on any atom is 0.573 e. The first-order chi connectivity index (χ1) is 14.8. The van der Waals surface area contributed by atoms with E-state index in [1.165, 1.54) is 18.2 Å². The molecule has 3 rings (SSSR count). The van der Waals surface area contributed by atoms with Gasteiger partial charge in [-0.25, -0.2) is 0 Å². The molecule has 0 spiro atoms. The van der Waals surface area contributed by atoms with Crippen molar-refractivity contribution in [1.82, 2.24) is 4.57 Å². The number of carboxylic acids is 1. The molecule has 0 saturated heterocycles. The molecule has 0 bridgehead atoms. The maximum absolute atomic E-state index is 12.6. The smallest absolute Gasteiger partial charge is 0.481 e. The molecule has 1 heterocycles. The van der Waals surface area contributed by atoms with Crippen LogP contribution in [0.5, 0.6) is 5.75 Å². The molecule has 0 aliphatic heterocycles. The molecule has 0 fully saturated rings. The zero-order valence-corrected chi connectivity index (χ0v) is 16.7. The number of alkyl halides is 3. The fraction of sp³-hybridized carbons (Fsp3) is 0.273. The highest BCUT2D eigenvalue weighted by molar-refractivity contribution is 6.01. The average Bonchev–Trinajstić information content (AvgIpc) is 3.03. The summed E-state index contributed by atoms with van der Waals surface area (Å²) in [7, 11) is 0. The van der Waals surface area contributed by atoms with Crippen molar-refractivity contribution in [2.75, 3.05) is 6.61 Å². The van der Waals surface area contributed by atoms with Gasteiger partial charge in [-0.3, -0.25) is 4.79 Å². The van der Waals surface area contributed by atoms with Gasteiger partial charge in [0.2, 0.25) is 0 Å². The lowest BCUT2D eigenvalue weighted by Crippen LogP contribution is -2.18. The zero-order valence-electron chi connectivity index (χ0n) is 16.7. The van der Waals surface area contributed by atoms with Gasteiger partial charge >= 0.3 is 12.3 Å². The minimum Gasteiger partial charge on any atom is -0.481 e. The number of aromatic nitrogens is 1. The van der Waals surface area contributed by atoms with Gasteiger partial charge in [-0.15, -0.1) is 13.2 Å². The number of halogens is 3. The fourth-order valence-electron chi connectivity index (χ4n) is 3.18. The Balaban J connectivity index is 1.99. The van der Waals surface area contributed by atoms with Crippen molar-refractivity contribution in [3.05, 3.63) is 65.9 Å². The van der Waals surface area contributed by atoms with Crippen molar-refractivity contribution in [2.24, 2.45) is 5.16 Å². The molecular weight excluding hydrogens is 413 g/mol. The summed E-state index contributed by atoms with van der Waals surface area (Å²) in [5.74, 6) is -1.32. The van der Waals surface area contributed by atoms with Crippen LogP contribution in [0.25, 0.3) is 10.9 Å². The Hall–Kier alpha value is -3.49. The van der Waals surface area contributed by atoms with Crippen molar-refractivity contribution < 1.29 is 32.6 Å². The molecule has 0 amide bonds. The lowest BCUT2D eigenvalue weighted by Gasteiger charge is -2.12. The molecule has 0 saturated carbocycles. The van der Waals surface area contributed by atoms with Gasteiger partial charge in [0.15, 0.2) is 0 Å². The topological polar surface area (TPSA) is 73.1 Å². The summed E-state index contributed by atoms with van der Waals surface area (Å²) in [6.07, 6.45) is -2.54. The Bertz CT molecular complexity index is 1090. The largest absolute Gasteiger partial charge is 0.573 e. The van der Waals surface area contributed by atoms with Gasteiger partial charge in [0.1, 0.15) is 18.1 Å². The van der Waals surface area contributed by atoms with Crippen molar-refractivity contribution in [1.29, 1.82) is 0 Å². The molecule has 2 aromatic carbocycles. The number of rotatable bonds is 9. The molecule has 9 heteroatoms. The number of carbonyl (C=O) groups is 1. The third-order valence-corrected chi connectivity index (χ3v) is 4.40. The molecule has 6 nitrogen and oxygen atoms in total. The van der Waals surface area contributed by atoms with Crippen molar-refractivity contribution in [3.8, 4) is 5.75 Å². The Morgan fingerprint density at radius 3 is 2.65 bits per heavy atom. The summed E-state index contributed by atoms with van der Waals surface area (Å²) in [6.45, 7) is 2.42. The van der Waals surface area contributed by atoms with Gasteiger partial charge in [-0.05, 0) is 30.2 Å². The maximum atomic E-state index is 12.6. The summed E-state index contributed by atoms with van der Waals surface area (Å²) in [5, 5.41) is 14.1. The Labute approximate surface area is 176 Å². The number of ether oxygens (including phenoxy) is 1. The quantitative estimate of drug-likeness (QED) is 0.292. The Morgan fingerprint density at radius 1 is 1.16 bits per heavy atom. The van der Waals surface area contributed by atoms with E-state index < -0.39 is 12.3 Å². The third-order valence-electron chi connectivity index (χ3n) is 4.40. The molecule has 0 aliphatic rings. The van der Waals surface area contributed by atoms with E-state index in [9.17, 15) is 23.1 Å². The summed E-state index contributed by atoms with van der Waals surface area (Å²) in [4.78, 5) is 16.5. The minimum absolute atomic E-state index is 0.152. The molecule has 0 aliphatic carbocycles. The molecule has 0 radical (unpaired) electrons. The van der Waals surface area contributed by atoms with Gasteiger partial charge in [-0.2, -0.15) is 0 Å². The van der Waals surface area contributed by atoms with Crippen LogP contribution < -0.4 is 4.74 Å². The molecule has 3 aromatic rings. The number of aliphatic carboxylic acids is 1. The van der Waals surface area contributed by atoms with E-state index in [2.05, 4.69) is 9.89 Å². The SMILES string of the molecule is CCCON=C(Cn1cc(CC(=O)O)c2ccccc21)c1cccc(OC(F)(F)F)c1. The van der Waals surface area contributed by atoms with E-state index in [-0.39, 0.29) is 18.7 Å². The first kappa shape index (κ1) is 22.2. The molecule has 31 heavy (non-hydrogen) atoms. The summed E-state index contributed by atoms with van der Waals surface area (Å²) < 4.78 is 43.7. The van der Waals surface area contributed by atoms with Gasteiger partial charge < -0.3 is 19.2 Å². The first-order valence-electron chi connectivity index (χ1n) is 9.60. The second-order valence-corrected chi connectivity index (χ2v) is 6.82. The predicted octanol–water partition coefficient (Wildman–Crippen LogP) is 5.00. The molecule has 0 atom stereocenters. The highest BCUT2D eigenvalue weighted by atomic mass is 19.4. The van der Waals surface area contributed by atoms with Crippen LogP contribution in [0.3, 0.4) is 0 Å². The van der Waals surface area contributed by atoms with E-state index >= 15 is 0 Å². The first-order valence-corrected chi connectivity index (χ1v) is 9.60. The van der Waals surface area contributed by atoms with Crippen LogP contribution in [-0.4, -0.2) is 34.3 Å². The second kappa shape index (κ2) is 9.55. The number of fused-ring (bicyclic) bond motifs is 1. The standard InChI is InChI=1S/C22H21F3N2O4/c1-2-10-30-26-19(15-6-5-7-17(11-15)31-22(23,24)25)14-27-13-16(12-21(28)29)18-8-3-4-9-20(18)27/h3-9,11,13H,2,10,12,14H2,1H3,(H,28,29). The molecular formula is C22H21F3N2O4. The van der Waals surface area contributed by atoms with E-state index in [4.69, 9.17) is 4.84 Å². The van der Waals surface area contributed by atoms with Crippen LogP contribution in [0.15, 0.2) is 59.9 Å². The van der Waals surface area contributed by atoms with Crippen LogP contribution in [0.4, 0.5) is 13.2 Å². The predicted molar refractivity (Wildman–Crippen MR) is 109 cm³/mol. The van der Waals surface area contributed by atoms with E-state index in [0.717, 1.165) is 10.9 Å². The zero-order chi connectivity index (χ0) is 22.4. The van der Waals surface area contributed by atoms with Gasteiger partial charge in [0, 0.05) is 22.7 Å². The van der Waals surface area contributed by atoms with Gasteiger partial charge in [0.25, 0.3) is 0 Å². The monoisotopic (exact) mass is 434 g/mol. The highest BCUT2D eigenvalue weighted by Gasteiger charge is 2.31. The van der Waals surface area contributed by atoms with Crippen LogP contribution in [-0.2, 0) is 22.6 Å². The number of para-hydroxylation sites is 1. The molecule has 164 valence electrons. The summed E-state index contributed by atoms with van der Waals surface area (Å²) in [5.41, 5.74) is 2.19. The number of nitrogens with zero attached hydrogens (tertiary/aromatic N) is 2. The van der Waals surface area contributed by atoms with E-state index in [1.807, 2.05) is 31.2 Å². The van der Waals surface area contributed by atoms with Crippen molar-refractivity contribution >= 4 is 22.6 Å². The van der Waals surface area contributed by atoms with Crippen LogP contribution >= 0.6 is 0 Å². The number of benzene rings is 2. The lowest BCUT2D eigenvalue weighted by molar-refractivity contribution is -0.274. The number of carboxylic acid groups (broad SMARTS) is 1. The summed E-state index contributed by atoms with van der Waals surface area (Å²) in [6, 6.07) is 12.8. The van der Waals surface area contributed by atoms with Crippen LogP contribution in [0.2, 0.25) is 0 Å². The molecule has 0 unspecified atom stereocenters. The Kier molecular flexibility index (Phi) is 6.84. The highest BCUT2D eigenvalue weighted by Crippen LogP contribution is 2.25. The van der Waals surface area contributed by atoms with Gasteiger partial charge in [-0.1, -0.05) is 42.4 Å². The lowest BCUT2D eigenvalue weighted by atomic mass is 10.1. The van der Waals surface area contributed by atoms with E-state index in [1.54, 1.807) is 16.8 Å². The summed E-state index contributed by atoms with van der Waals surface area (Å²) >= 11 is 0.